The molecule has 1 aromatic rings. The topological polar surface area (TPSA) is 68.0 Å². The van der Waals surface area contributed by atoms with Crippen LogP contribution >= 0.6 is 0 Å². The van der Waals surface area contributed by atoms with Gasteiger partial charge in [0.25, 0.3) is 0 Å². The normalized spacial score (nSPS) is 12.4. The number of carbonyl (C=O) groups is 1. The highest BCUT2D eigenvalue weighted by Crippen LogP contribution is 2.17. The third-order valence-corrected chi connectivity index (χ3v) is 4.63. The number of nitrogens with zero attached hydrogens (tertiary/aromatic N) is 3. The maximum Gasteiger partial charge on any atom is 0.328 e. The van der Waals surface area contributed by atoms with E-state index < -0.39 is 12.0 Å². The predicted octanol–water partition coefficient (Wildman–Crippen LogP) is 5.39. The quantitative estimate of drug-likeness (QED) is 0.411. The lowest BCUT2D eigenvalue weighted by atomic mass is 10.0. The van der Waals surface area contributed by atoms with Crippen molar-refractivity contribution < 1.29 is 9.90 Å². The number of carboxylic acids is 1. The number of aromatic nitrogens is 3. The molecule has 0 bridgehead atoms. The Morgan fingerprint density at radius 1 is 0.917 bits per heavy atom. The minimum atomic E-state index is -0.820. The molecule has 0 aliphatic carbocycles. The molecule has 1 atom stereocenters. The SMILES string of the molecule is CCCCCCCCCCCCCCCC(C(=O)O)n1ccnn1. The van der Waals surface area contributed by atoms with Crippen LogP contribution in [0, 0.1) is 0 Å². The third kappa shape index (κ3) is 9.68. The van der Waals surface area contributed by atoms with Crippen LogP contribution in [0.5, 0.6) is 0 Å². The maximum absolute atomic E-state index is 11.3. The minimum Gasteiger partial charge on any atom is -0.480 e. The molecule has 1 heterocycles. The lowest BCUT2D eigenvalue weighted by Gasteiger charge is -2.11. The highest BCUT2D eigenvalue weighted by molar-refractivity contribution is 5.71. The van der Waals surface area contributed by atoms with Gasteiger partial charge in [-0.3, -0.25) is 0 Å². The van der Waals surface area contributed by atoms with Gasteiger partial charge in [0, 0.05) is 6.20 Å². The van der Waals surface area contributed by atoms with Gasteiger partial charge in [-0.15, -0.1) is 5.10 Å². The third-order valence-electron chi connectivity index (χ3n) is 4.63. The van der Waals surface area contributed by atoms with Crippen LogP contribution in [0.25, 0.3) is 0 Å². The average Bonchev–Trinajstić information content (AvgIpc) is 3.09. The van der Waals surface area contributed by atoms with Crippen molar-refractivity contribution in [1.82, 2.24) is 15.0 Å². The fraction of sp³-hybridized carbons (Fsp3) is 0.842. The molecule has 0 fully saturated rings. The molecule has 5 heteroatoms. The van der Waals surface area contributed by atoms with E-state index in [1.54, 1.807) is 6.20 Å². The summed E-state index contributed by atoms with van der Waals surface area (Å²) in [6.45, 7) is 2.26. The molecule has 0 amide bonds. The van der Waals surface area contributed by atoms with Crippen LogP contribution in [0.2, 0.25) is 0 Å². The highest BCUT2D eigenvalue weighted by Gasteiger charge is 2.19. The van der Waals surface area contributed by atoms with Gasteiger partial charge in [0.2, 0.25) is 0 Å². The summed E-state index contributed by atoms with van der Waals surface area (Å²) < 4.78 is 1.45. The average molecular weight is 338 g/mol. The predicted molar refractivity (Wildman–Crippen MR) is 97.0 cm³/mol. The number of carboxylic acid groups (broad SMARTS) is 1. The van der Waals surface area contributed by atoms with E-state index in [4.69, 9.17) is 0 Å². The van der Waals surface area contributed by atoms with Crippen molar-refractivity contribution in [2.45, 2.75) is 103 Å². The van der Waals surface area contributed by atoms with Gasteiger partial charge in [0.1, 0.15) is 0 Å². The van der Waals surface area contributed by atoms with E-state index >= 15 is 0 Å². The summed E-state index contributed by atoms with van der Waals surface area (Å²) in [4.78, 5) is 11.3. The Morgan fingerprint density at radius 3 is 1.83 bits per heavy atom. The molecule has 0 spiro atoms. The molecule has 24 heavy (non-hydrogen) atoms. The lowest BCUT2D eigenvalue weighted by molar-refractivity contribution is -0.141. The van der Waals surface area contributed by atoms with Crippen molar-refractivity contribution in [1.29, 1.82) is 0 Å². The molecule has 138 valence electrons. The molecule has 0 saturated carbocycles. The largest absolute Gasteiger partial charge is 0.480 e. The summed E-state index contributed by atoms with van der Waals surface area (Å²) in [5, 5.41) is 16.7. The fourth-order valence-electron chi connectivity index (χ4n) is 3.11. The van der Waals surface area contributed by atoms with Crippen molar-refractivity contribution in [3.8, 4) is 0 Å². The first-order chi connectivity index (χ1) is 11.8. The van der Waals surface area contributed by atoms with Crippen LogP contribution in [0.1, 0.15) is 103 Å². The van der Waals surface area contributed by atoms with Crippen molar-refractivity contribution in [3.63, 3.8) is 0 Å². The zero-order valence-electron chi connectivity index (χ0n) is 15.3. The number of hydrogen-bond acceptors (Lipinski definition) is 3. The minimum absolute atomic E-state index is 0.569. The lowest BCUT2D eigenvalue weighted by Crippen LogP contribution is -2.19. The van der Waals surface area contributed by atoms with Gasteiger partial charge in [-0.25, -0.2) is 9.48 Å². The standard InChI is InChI=1S/C19H35N3O2/c1-2-3-4-5-6-7-8-9-10-11-12-13-14-15-18(19(23)24)22-17-16-20-21-22/h16-18H,2-15H2,1H3,(H,23,24). The maximum atomic E-state index is 11.3. The molecule has 0 saturated heterocycles. The molecule has 0 aliphatic rings. The number of aliphatic carboxylic acids is 1. The van der Waals surface area contributed by atoms with Gasteiger partial charge >= 0.3 is 5.97 Å². The Morgan fingerprint density at radius 2 is 1.42 bits per heavy atom. The van der Waals surface area contributed by atoms with E-state index in [9.17, 15) is 9.90 Å². The second kappa shape index (κ2) is 14.0. The molecular formula is C19H35N3O2. The van der Waals surface area contributed by atoms with Gasteiger partial charge < -0.3 is 5.11 Å². The number of unbranched alkanes of at least 4 members (excludes halogenated alkanes) is 12. The highest BCUT2D eigenvalue weighted by atomic mass is 16.4. The molecule has 5 nitrogen and oxygen atoms in total. The van der Waals surface area contributed by atoms with E-state index in [2.05, 4.69) is 17.2 Å². The van der Waals surface area contributed by atoms with Gasteiger partial charge in [-0.1, -0.05) is 95.6 Å². The summed E-state index contributed by atoms with van der Waals surface area (Å²) in [6, 6.07) is -0.569. The fourth-order valence-corrected chi connectivity index (χ4v) is 3.11. The van der Waals surface area contributed by atoms with E-state index in [1.807, 2.05) is 0 Å². The van der Waals surface area contributed by atoms with Gasteiger partial charge in [0.05, 0.1) is 6.20 Å². The summed E-state index contributed by atoms with van der Waals surface area (Å²) >= 11 is 0. The second-order valence-corrected chi connectivity index (χ2v) is 6.77. The summed E-state index contributed by atoms with van der Waals surface area (Å²) in [7, 11) is 0. The molecule has 0 radical (unpaired) electrons. The zero-order chi connectivity index (χ0) is 17.5. The van der Waals surface area contributed by atoms with Gasteiger partial charge in [0.15, 0.2) is 6.04 Å². The van der Waals surface area contributed by atoms with E-state index in [1.165, 1.54) is 81.5 Å². The van der Waals surface area contributed by atoms with Crippen molar-refractivity contribution in [3.05, 3.63) is 12.4 Å². The van der Waals surface area contributed by atoms with Crippen molar-refractivity contribution in [2.24, 2.45) is 0 Å². The van der Waals surface area contributed by atoms with E-state index in [-0.39, 0.29) is 0 Å². The summed E-state index contributed by atoms with van der Waals surface area (Å²) in [5.74, 6) is -0.820. The van der Waals surface area contributed by atoms with Gasteiger partial charge in [-0.05, 0) is 6.42 Å². The molecule has 0 aliphatic heterocycles. The molecule has 1 unspecified atom stereocenters. The van der Waals surface area contributed by atoms with Crippen LogP contribution in [-0.4, -0.2) is 26.1 Å². The first-order valence-electron chi connectivity index (χ1n) is 9.84. The van der Waals surface area contributed by atoms with E-state index in [0.29, 0.717) is 6.42 Å². The first-order valence-corrected chi connectivity index (χ1v) is 9.84. The number of rotatable bonds is 16. The summed E-state index contributed by atoms with van der Waals surface area (Å²) in [5.41, 5.74) is 0. The molecule has 1 aromatic heterocycles. The van der Waals surface area contributed by atoms with Crippen LogP contribution in [0.3, 0.4) is 0 Å². The Hall–Kier alpha value is -1.39. The molecule has 1 N–H and O–H groups in total. The Labute approximate surface area is 146 Å². The van der Waals surface area contributed by atoms with Crippen LogP contribution in [0.4, 0.5) is 0 Å². The zero-order valence-corrected chi connectivity index (χ0v) is 15.3. The van der Waals surface area contributed by atoms with Crippen LogP contribution in [0.15, 0.2) is 12.4 Å². The number of hydrogen-bond donors (Lipinski definition) is 1. The van der Waals surface area contributed by atoms with Crippen LogP contribution < -0.4 is 0 Å². The molecular weight excluding hydrogens is 302 g/mol. The Kier molecular flexibility index (Phi) is 12.0. The molecule has 1 rings (SSSR count). The van der Waals surface area contributed by atoms with Gasteiger partial charge in [-0.2, -0.15) is 0 Å². The monoisotopic (exact) mass is 337 g/mol. The van der Waals surface area contributed by atoms with Crippen molar-refractivity contribution >= 4 is 5.97 Å². The van der Waals surface area contributed by atoms with E-state index in [0.717, 1.165) is 12.8 Å². The second-order valence-electron chi connectivity index (χ2n) is 6.77. The Balaban J connectivity index is 1.90. The first kappa shape index (κ1) is 20.7. The summed E-state index contributed by atoms with van der Waals surface area (Å²) in [6.07, 6.45) is 20.7. The van der Waals surface area contributed by atoms with Crippen molar-refractivity contribution in [2.75, 3.05) is 0 Å². The molecule has 0 aromatic carbocycles. The van der Waals surface area contributed by atoms with Crippen LogP contribution in [-0.2, 0) is 4.79 Å². The Bertz CT molecular complexity index is 407. The smallest absolute Gasteiger partial charge is 0.328 e.